The van der Waals surface area contributed by atoms with Crippen LogP contribution in [0.25, 0.3) is 5.69 Å². The first-order valence-electron chi connectivity index (χ1n) is 4.26. The molecular formula is C9H6Cl2N4O. The lowest BCUT2D eigenvalue weighted by Crippen LogP contribution is -2.03. The molecule has 82 valence electrons. The molecule has 0 aliphatic carbocycles. The van der Waals surface area contributed by atoms with Crippen molar-refractivity contribution in [2.45, 2.75) is 0 Å². The van der Waals surface area contributed by atoms with E-state index in [9.17, 15) is 4.79 Å². The van der Waals surface area contributed by atoms with Crippen molar-refractivity contribution < 1.29 is 4.79 Å². The maximum atomic E-state index is 10.9. The number of nitrogens with zero attached hydrogens (tertiary/aromatic N) is 3. The Labute approximate surface area is 101 Å². The van der Waals surface area contributed by atoms with Crippen LogP contribution in [0.5, 0.6) is 0 Å². The van der Waals surface area contributed by atoms with Gasteiger partial charge in [0.05, 0.1) is 5.69 Å². The summed E-state index contributed by atoms with van der Waals surface area (Å²) in [5.74, 6) is 0.0994. The summed E-state index contributed by atoms with van der Waals surface area (Å²) in [5.41, 5.74) is 6.27. The number of halogens is 2. The highest BCUT2D eigenvalue weighted by atomic mass is 35.5. The van der Waals surface area contributed by atoms with Gasteiger partial charge in [-0.3, -0.25) is 4.79 Å². The normalized spacial score (nSPS) is 10.4. The summed E-state index contributed by atoms with van der Waals surface area (Å²) in [6, 6.07) is 6.77. The van der Waals surface area contributed by atoms with Crippen molar-refractivity contribution in [1.29, 1.82) is 0 Å². The number of hydrogen-bond donors (Lipinski definition) is 1. The molecule has 1 heterocycles. The molecule has 0 spiro atoms. The van der Waals surface area contributed by atoms with Crippen molar-refractivity contribution >= 4 is 34.3 Å². The molecule has 0 saturated carbocycles. The first-order chi connectivity index (χ1) is 7.59. The molecule has 1 aromatic heterocycles. The Morgan fingerprint density at radius 2 is 1.94 bits per heavy atom. The third-order valence-electron chi connectivity index (χ3n) is 1.96. The summed E-state index contributed by atoms with van der Waals surface area (Å²) in [4.78, 5) is 10.9. The second kappa shape index (κ2) is 4.11. The van der Waals surface area contributed by atoms with Gasteiger partial charge in [0.2, 0.25) is 0 Å². The zero-order chi connectivity index (χ0) is 11.7. The quantitative estimate of drug-likeness (QED) is 0.833. The van der Waals surface area contributed by atoms with Crippen LogP contribution >= 0.6 is 23.2 Å². The van der Waals surface area contributed by atoms with E-state index in [4.69, 9.17) is 28.9 Å². The SMILES string of the molecule is Nc1c(C(=O)Cl)nnn1-c1ccc(Cl)cc1. The Balaban J connectivity index is 2.49. The second-order valence-electron chi connectivity index (χ2n) is 2.99. The van der Waals surface area contributed by atoms with Gasteiger partial charge in [-0.15, -0.1) is 5.10 Å². The van der Waals surface area contributed by atoms with Crippen molar-refractivity contribution in [3.63, 3.8) is 0 Å². The Morgan fingerprint density at radius 1 is 1.31 bits per heavy atom. The van der Waals surface area contributed by atoms with Gasteiger partial charge in [-0.2, -0.15) is 4.68 Å². The number of anilines is 1. The van der Waals surface area contributed by atoms with Crippen LogP contribution in [0.4, 0.5) is 5.82 Å². The minimum absolute atomic E-state index is 0.0587. The van der Waals surface area contributed by atoms with E-state index in [1.54, 1.807) is 24.3 Å². The number of aromatic nitrogens is 3. The lowest BCUT2D eigenvalue weighted by Gasteiger charge is -2.02. The van der Waals surface area contributed by atoms with Crippen molar-refractivity contribution in [3.8, 4) is 5.69 Å². The number of hydrogen-bond acceptors (Lipinski definition) is 4. The summed E-state index contributed by atoms with van der Waals surface area (Å²) in [5, 5.41) is 7.17. The van der Waals surface area contributed by atoms with E-state index < -0.39 is 5.24 Å². The highest BCUT2D eigenvalue weighted by Crippen LogP contribution is 2.18. The number of rotatable bonds is 2. The van der Waals surface area contributed by atoms with Gasteiger partial charge in [0, 0.05) is 5.02 Å². The monoisotopic (exact) mass is 256 g/mol. The minimum atomic E-state index is -0.738. The Bertz CT molecular complexity index is 535. The second-order valence-corrected chi connectivity index (χ2v) is 3.76. The van der Waals surface area contributed by atoms with Crippen molar-refractivity contribution in [2.75, 3.05) is 5.73 Å². The number of carbonyl (C=O) groups is 1. The van der Waals surface area contributed by atoms with Gasteiger partial charge in [-0.05, 0) is 35.9 Å². The van der Waals surface area contributed by atoms with Gasteiger partial charge in [0.15, 0.2) is 11.5 Å². The minimum Gasteiger partial charge on any atom is -0.382 e. The predicted molar refractivity (Wildman–Crippen MR) is 61.0 cm³/mol. The number of nitrogen functional groups attached to an aromatic ring is 1. The smallest absolute Gasteiger partial charge is 0.276 e. The molecule has 2 rings (SSSR count). The third-order valence-corrected chi connectivity index (χ3v) is 2.39. The molecule has 0 amide bonds. The lowest BCUT2D eigenvalue weighted by molar-refractivity contribution is 0.107. The molecule has 7 heteroatoms. The van der Waals surface area contributed by atoms with Crippen LogP contribution < -0.4 is 5.73 Å². The van der Waals surface area contributed by atoms with Crippen LogP contribution in [0.2, 0.25) is 5.02 Å². The van der Waals surface area contributed by atoms with E-state index in [0.717, 1.165) is 0 Å². The van der Waals surface area contributed by atoms with Crippen LogP contribution in [0.15, 0.2) is 24.3 Å². The molecule has 2 N–H and O–H groups in total. The third kappa shape index (κ3) is 1.87. The molecule has 0 saturated heterocycles. The van der Waals surface area contributed by atoms with Gasteiger partial charge in [-0.1, -0.05) is 16.8 Å². The summed E-state index contributed by atoms with van der Waals surface area (Å²) >= 11 is 11.0. The highest BCUT2D eigenvalue weighted by Gasteiger charge is 2.15. The van der Waals surface area contributed by atoms with Gasteiger partial charge in [0.25, 0.3) is 5.24 Å². The van der Waals surface area contributed by atoms with Crippen LogP contribution in [0, 0.1) is 0 Å². The number of nitrogens with two attached hydrogens (primary N) is 1. The molecule has 2 aromatic rings. The molecule has 0 atom stereocenters. The molecule has 1 aromatic carbocycles. The molecular weight excluding hydrogens is 251 g/mol. The van der Waals surface area contributed by atoms with E-state index in [1.807, 2.05) is 0 Å². The standard InChI is InChI=1S/C9H6Cl2N4O/c10-5-1-3-6(4-2-5)15-9(12)7(8(11)16)13-14-15/h1-4H,12H2. The first kappa shape index (κ1) is 10.9. The van der Waals surface area contributed by atoms with Crippen LogP contribution in [0.3, 0.4) is 0 Å². The number of benzene rings is 1. The molecule has 0 fully saturated rings. The van der Waals surface area contributed by atoms with Gasteiger partial charge in [0.1, 0.15) is 0 Å². The molecule has 0 aliphatic rings. The molecule has 0 unspecified atom stereocenters. The Hall–Kier alpha value is -1.59. The molecule has 0 bridgehead atoms. The largest absolute Gasteiger partial charge is 0.382 e. The maximum Gasteiger partial charge on any atom is 0.276 e. The van der Waals surface area contributed by atoms with E-state index >= 15 is 0 Å². The fraction of sp³-hybridized carbons (Fsp3) is 0. The fourth-order valence-corrected chi connectivity index (χ4v) is 1.46. The average molecular weight is 257 g/mol. The van der Waals surface area contributed by atoms with E-state index in [1.165, 1.54) is 4.68 Å². The van der Waals surface area contributed by atoms with E-state index in [-0.39, 0.29) is 11.5 Å². The zero-order valence-electron chi connectivity index (χ0n) is 7.89. The van der Waals surface area contributed by atoms with Gasteiger partial charge >= 0.3 is 0 Å². The molecule has 0 radical (unpaired) electrons. The predicted octanol–water partition coefficient (Wildman–Crippen LogP) is 1.88. The zero-order valence-corrected chi connectivity index (χ0v) is 9.40. The lowest BCUT2D eigenvalue weighted by atomic mass is 10.3. The van der Waals surface area contributed by atoms with E-state index in [2.05, 4.69) is 10.3 Å². The summed E-state index contributed by atoms with van der Waals surface area (Å²) in [6.45, 7) is 0. The Kier molecular flexibility index (Phi) is 2.80. The van der Waals surface area contributed by atoms with Crippen LogP contribution in [-0.2, 0) is 0 Å². The van der Waals surface area contributed by atoms with Crippen molar-refractivity contribution in [2.24, 2.45) is 0 Å². The van der Waals surface area contributed by atoms with Crippen LogP contribution in [-0.4, -0.2) is 20.2 Å². The highest BCUT2D eigenvalue weighted by molar-refractivity contribution is 6.67. The maximum absolute atomic E-state index is 10.9. The van der Waals surface area contributed by atoms with Crippen LogP contribution in [0.1, 0.15) is 10.5 Å². The summed E-state index contributed by atoms with van der Waals surface area (Å²) in [7, 11) is 0. The van der Waals surface area contributed by atoms with Crippen molar-refractivity contribution in [1.82, 2.24) is 15.0 Å². The first-order valence-corrected chi connectivity index (χ1v) is 5.02. The summed E-state index contributed by atoms with van der Waals surface area (Å²) in [6.07, 6.45) is 0. The van der Waals surface area contributed by atoms with Gasteiger partial charge in [-0.25, -0.2) is 0 Å². The van der Waals surface area contributed by atoms with Gasteiger partial charge < -0.3 is 5.73 Å². The topological polar surface area (TPSA) is 73.8 Å². The molecule has 5 nitrogen and oxygen atoms in total. The van der Waals surface area contributed by atoms with Crippen molar-refractivity contribution in [3.05, 3.63) is 35.0 Å². The van der Waals surface area contributed by atoms with E-state index in [0.29, 0.717) is 10.7 Å². The Morgan fingerprint density at radius 3 is 2.44 bits per heavy atom. The summed E-state index contributed by atoms with van der Waals surface area (Å²) < 4.78 is 1.31. The number of carbonyl (C=O) groups excluding carboxylic acids is 1. The molecule has 16 heavy (non-hydrogen) atoms. The molecule has 0 aliphatic heterocycles. The average Bonchev–Trinajstić information content (AvgIpc) is 2.61. The fourth-order valence-electron chi connectivity index (χ4n) is 1.20.